The minimum absolute atomic E-state index is 0.134. The van der Waals surface area contributed by atoms with Crippen molar-refractivity contribution in [2.75, 3.05) is 11.1 Å². The van der Waals surface area contributed by atoms with Crippen LogP contribution in [0.4, 0.5) is 11.4 Å². The van der Waals surface area contributed by atoms with Crippen LogP contribution in [0, 0.1) is 0 Å². The third-order valence-corrected chi connectivity index (χ3v) is 3.56. The molecular formula is C16H16N2O. The van der Waals surface area contributed by atoms with Gasteiger partial charge in [-0.25, -0.2) is 0 Å². The minimum Gasteiger partial charge on any atom is -0.399 e. The SMILES string of the molecule is Nc1ccc(C(=O)C2CCc3ccccc3N2)cc1. The van der Waals surface area contributed by atoms with Gasteiger partial charge in [0.2, 0.25) is 0 Å². The summed E-state index contributed by atoms with van der Waals surface area (Å²) in [4.78, 5) is 12.4. The number of hydrogen-bond acceptors (Lipinski definition) is 3. The lowest BCUT2D eigenvalue weighted by Crippen LogP contribution is -2.33. The van der Waals surface area contributed by atoms with Gasteiger partial charge in [-0.3, -0.25) is 4.79 Å². The normalized spacial score (nSPS) is 17.4. The van der Waals surface area contributed by atoms with E-state index in [1.165, 1.54) is 5.56 Å². The molecule has 0 aromatic heterocycles. The second-order valence-electron chi connectivity index (χ2n) is 4.88. The molecule has 2 aromatic rings. The van der Waals surface area contributed by atoms with Crippen LogP contribution in [0.2, 0.25) is 0 Å². The molecule has 3 nitrogen and oxygen atoms in total. The molecule has 1 heterocycles. The second kappa shape index (κ2) is 4.76. The standard InChI is InChI=1S/C16H16N2O/c17-13-8-5-12(6-9-13)16(19)15-10-7-11-3-1-2-4-14(11)18-15/h1-6,8-9,15,18H,7,10,17H2. The molecule has 0 fully saturated rings. The zero-order chi connectivity index (χ0) is 13.2. The molecule has 0 saturated heterocycles. The van der Waals surface area contributed by atoms with E-state index in [1.54, 1.807) is 24.3 Å². The zero-order valence-corrected chi connectivity index (χ0v) is 10.6. The molecule has 1 aliphatic heterocycles. The molecule has 1 unspecified atom stereocenters. The van der Waals surface area contributed by atoms with E-state index in [0.29, 0.717) is 11.3 Å². The van der Waals surface area contributed by atoms with Crippen molar-refractivity contribution in [2.45, 2.75) is 18.9 Å². The largest absolute Gasteiger partial charge is 0.399 e. The van der Waals surface area contributed by atoms with Gasteiger partial charge in [0.1, 0.15) is 0 Å². The number of rotatable bonds is 2. The first-order valence-electron chi connectivity index (χ1n) is 6.48. The first-order chi connectivity index (χ1) is 9.24. The molecular weight excluding hydrogens is 236 g/mol. The molecule has 3 N–H and O–H groups in total. The summed E-state index contributed by atoms with van der Waals surface area (Å²) < 4.78 is 0. The number of anilines is 2. The first-order valence-corrected chi connectivity index (χ1v) is 6.48. The summed E-state index contributed by atoms with van der Waals surface area (Å²) in [5.41, 5.74) is 9.39. The summed E-state index contributed by atoms with van der Waals surface area (Å²) in [6.07, 6.45) is 1.77. The number of carbonyl (C=O) groups excluding carboxylic acids is 1. The van der Waals surface area contributed by atoms with Crippen LogP contribution in [0.25, 0.3) is 0 Å². The molecule has 0 radical (unpaired) electrons. The fourth-order valence-electron chi connectivity index (χ4n) is 2.48. The topological polar surface area (TPSA) is 55.1 Å². The molecule has 0 saturated carbocycles. The van der Waals surface area contributed by atoms with Crippen molar-refractivity contribution in [2.24, 2.45) is 0 Å². The summed E-state index contributed by atoms with van der Waals surface area (Å²) in [5.74, 6) is 0.134. The summed E-state index contributed by atoms with van der Waals surface area (Å²) >= 11 is 0. The number of benzene rings is 2. The number of nitrogen functional groups attached to an aromatic ring is 1. The molecule has 19 heavy (non-hydrogen) atoms. The maximum Gasteiger partial charge on any atom is 0.185 e. The number of para-hydroxylation sites is 1. The quantitative estimate of drug-likeness (QED) is 0.638. The van der Waals surface area contributed by atoms with E-state index in [9.17, 15) is 4.79 Å². The summed E-state index contributed by atoms with van der Waals surface area (Å²) in [6, 6.07) is 15.1. The van der Waals surface area contributed by atoms with Gasteiger partial charge in [-0.05, 0) is 48.7 Å². The lowest BCUT2D eigenvalue weighted by Gasteiger charge is -2.26. The lowest BCUT2D eigenvalue weighted by atomic mass is 9.93. The number of Topliss-reactive ketones (excluding diaryl/α,β-unsaturated/α-hetero) is 1. The van der Waals surface area contributed by atoms with E-state index in [2.05, 4.69) is 11.4 Å². The van der Waals surface area contributed by atoms with Gasteiger partial charge < -0.3 is 11.1 Å². The van der Waals surface area contributed by atoms with Gasteiger partial charge in [0.25, 0.3) is 0 Å². The van der Waals surface area contributed by atoms with Gasteiger partial charge in [-0.1, -0.05) is 18.2 Å². The van der Waals surface area contributed by atoms with Crippen molar-refractivity contribution in [3.8, 4) is 0 Å². The molecule has 2 aromatic carbocycles. The number of nitrogens with one attached hydrogen (secondary N) is 1. The van der Waals surface area contributed by atoms with Crippen LogP contribution < -0.4 is 11.1 Å². The zero-order valence-electron chi connectivity index (χ0n) is 10.6. The van der Waals surface area contributed by atoms with Crippen LogP contribution in [-0.2, 0) is 6.42 Å². The Hall–Kier alpha value is -2.29. The van der Waals surface area contributed by atoms with Gasteiger partial charge in [0, 0.05) is 16.9 Å². The van der Waals surface area contributed by atoms with Gasteiger partial charge >= 0.3 is 0 Å². The van der Waals surface area contributed by atoms with E-state index >= 15 is 0 Å². The molecule has 1 aliphatic rings. The number of aryl methyl sites for hydroxylation is 1. The Bertz CT molecular complexity index is 604. The van der Waals surface area contributed by atoms with Crippen LogP contribution in [-0.4, -0.2) is 11.8 Å². The van der Waals surface area contributed by atoms with E-state index in [-0.39, 0.29) is 11.8 Å². The average molecular weight is 252 g/mol. The third kappa shape index (κ3) is 2.32. The van der Waals surface area contributed by atoms with Crippen molar-refractivity contribution in [3.05, 3.63) is 59.7 Å². The first kappa shape index (κ1) is 11.8. The Labute approximate surface area is 112 Å². The predicted molar refractivity (Wildman–Crippen MR) is 77.4 cm³/mol. The molecule has 3 heteroatoms. The number of ketones is 1. The fourth-order valence-corrected chi connectivity index (χ4v) is 2.48. The molecule has 0 aliphatic carbocycles. The number of hydrogen-bond donors (Lipinski definition) is 2. The fraction of sp³-hybridized carbons (Fsp3) is 0.188. The Morgan fingerprint density at radius 3 is 2.63 bits per heavy atom. The predicted octanol–water partition coefficient (Wildman–Crippen LogP) is 2.88. The average Bonchev–Trinajstić information content (AvgIpc) is 2.47. The maximum absolute atomic E-state index is 12.4. The molecule has 3 rings (SSSR count). The summed E-state index contributed by atoms with van der Waals surface area (Å²) in [6.45, 7) is 0. The van der Waals surface area contributed by atoms with Crippen molar-refractivity contribution < 1.29 is 4.79 Å². The van der Waals surface area contributed by atoms with Crippen molar-refractivity contribution in [1.29, 1.82) is 0 Å². The number of carbonyl (C=O) groups is 1. The van der Waals surface area contributed by atoms with Crippen molar-refractivity contribution >= 4 is 17.2 Å². The maximum atomic E-state index is 12.4. The monoisotopic (exact) mass is 252 g/mol. The van der Waals surface area contributed by atoms with Crippen LogP contribution in [0.15, 0.2) is 48.5 Å². The summed E-state index contributed by atoms with van der Waals surface area (Å²) in [7, 11) is 0. The molecule has 0 spiro atoms. The van der Waals surface area contributed by atoms with Crippen LogP contribution in [0.3, 0.4) is 0 Å². The minimum atomic E-state index is -0.140. The van der Waals surface area contributed by atoms with E-state index in [0.717, 1.165) is 18.5 Å². The Morgan fingerprint density at radius 2 is 1.84 bits per heavy atom. The Balaban J connectivity index is 1.81. The van der Waals surface area contributed by atoms with Gasteiger partial charge in [0.05, 0.1) is 6.04 Å². The number of fused-ring (bicyclic) bond motifs is 1. The lowest BCUT2D eigenvalue weighted by molar-refractivity contribution is 0.0964. The van der Waals surface area contributed by atoms with Crippen molar-refractivity contribution in [1.82, 2.24) is 0 Å². The highest BCUT2D eigenvalue weighted by Gasteiger charge is 2.24. The molecule has 1 atom stereocenters. The smallest absolute Gasteiger partial charge is 0.185 e. The summed E-state index contributed by atoms with van der Waals surface area (Å²) in [5, 5.41) is 3.33. The van der Waals surface area contributed by atoms with Gasteiger partial charge in [-0.15, -0.1) is 0 Å². The Kier molecular flexibility index (Phi) is 2.95. The molecule has 0 bridgehead atoms. The highest BCUT2D eigenvalue weighted by molar-refractivity contribution is 6.02. The van der Waals surface area contributed by atoms with E-state index in [1.807, 2.05) is 18.2 Å². The molecule has 0 amide bonds. The highest BCUT2D eigenvalue weighted by Crippen LogP contribution is 2.25. The third-order valence-electron chi connectivity index (χ3n) is 3.56. The van der Waals surface area contributed by atoms with E-state index in [4.69, 9.17) is 5.73 Å². The second-order valence-corrected chi connectivity index (χ2v) is 4.88. The molecule has 96 valence electrons. The van der Waals surface area contributed by atoms with E-state index < -0.39 is 0 Å². The van der Waals surface area contributed by atoms with Gasteiger partial charge in [-0.2, -0.15) is 0 Å². The van der Waals surface area contributed by atoms with Gasteiger partial charge in [0.15, 0.2) is 5.78 Å². The number of nitrogens with two attached hydrogens (primary N) is 1. The van der Waals surface area contributed by atoms with Crippen LogP contribution in [0.1, 0.15) is 22.3 Å². The highest BCUT2D eigenvalue weighted by atomic mass is 16.1. The van der Waals surface area contributed by atoms with Crippen LogP contribution in [0.5, 0.6) is 0 Å². The van der Waals surface area contributed by atoms with Crippen LogP contribution >= 0.6 is 0 Å². The Morgan fingerprint density at radius 1 is 1.11 bits per heavy atom. The van der Waals surface area contributed by atoms with Crippen molar-refractivity contribution in [3.63, 3.8) is 0 Å².